The zero-order valence-corrected chi connectivity index (χ0v) is 18.6. The van der Waals surface area contributed by atoms with Gasteiger partial charge in [0.15, 0.2) is 11.5 Å². The first-order chi connectivity index (χ1) is 14.7. The summed E-state index contributed by atoms with van der Waals surface area (Å²) in [5.74, 6) is 2.20. The van der Waals surface area contributed by atoms with E-state index >= 15 is 0 Å². The average Bonchev–Trinajstić information content (AvgIpc) is 3.43. The lowest BCUT2D eigenvalue weighted by Gasteiger charge is -2.15. The van der Waals surface area contributed by atoms with Gasteiger partial charge < -0.3 is 14.8 Å². The first-order valence-electron chi connectivity index (χ1n) is 10.1. The van der Waals surface area contributed by atoms with Crippen LogP contribution in [0.4, 0.5) is 5.82 Å². The van der Waals surface area contributed by atoms with Crippen LogP contribution in [0.1, 0.15) is 25.7 Å². The first kappa shape index (κ1) is 19.2. The molecule has 0 radical (unpaired) electrons. The number of benzene rings is 2. The summed E-state index contributed by atoms with van der Waals surface area (Å²) in [6.07, 6.45) is 6.92. The molecule has 2 heterocycles. The van der Waals surface area contributed by atoms with Crippen molar-refractivity contribution >= 4 is 43.6 Å². The fourth-order valence-corrected chi connectivity index (χ4v) is 4.59. The van der Waals surface area contributed by atoms with Crippen molar-refractivity contribution in [3.8, 4) is 17.2 Å². The van der Waals surface area contributed by atoms with Crippen molar-refractivity contribution in [3.63, 3.8) is 0 Å². The van der Waals surface area contributed by atoms with Gasteiger partial charge in [-0.3, -0.25) is 0 Å². The number of halogens is 1. The molecule has 0 amide bonds. The maximum absolute atomic E-state index is 5.53. The van der Waals surface area contributed by atoms with Crippen molar-refractivity contribution in [2.45, 2.75) is 31.7 Å². The highest BCUT2D eigenvalue weighted by atomic mass is 79.9. The standard InChI is InChI=1S/C23H23BrN4O2/c1-29-20-11-17-19(12-21(20)30-2)26-23(25-15-7-3-4-8-15)18-13-28(27-22(17)18)16-9-5-6-14(24)10-16/h5-6,9-13,15H,3-4,7-8H2,1-2H3,(H,25,26). The second kappa shape index (κ2) is 7.80. The van der Waals surface area contributed by atoms with Crippen LogP contribution in [0.25, 0.3) is 27.5 Å². The minimum Gasteiger partial charge on any atom is -0.493 e. The fraction of sp³-hybridized carbons (Fsp3) is 0.304. The molecule has 0 bridgehead atoms. The summed E-state index contributed by atoms with van der Waals surface area (Å²) in [6.45, 7) is 0. The van der Waals surface area contributed by atoms with Crippen LogP contribution in [-0.4, -0.2) is 35.0 Å². The molecule has 2 aromatic carbocycles. The molecule has 0 aliphatic heterocycles. The molecule has 0 unspecified atom stereocenters. The lowest BCUT2D eigenvalue weighted by atomic mass is 10.1. The SMILES string of the molecule is COc1cc2nc(NC3CCCC3)c3cn(-c4cccc(Br)c4)nc3c2cc1OC. The van der Waals surface area contributed by atoms with Crippen LogP contribution < -0.4 is 14.8 Å². The van der Waals surface area contributed by atoms with Crippen LogP contribution >= 0.6 is 15.9 Å². The van der Waals surface area contributed by atoms with Crippen molar-refractivity contribution < 1.29 is 9.47 Å². The zero-order chi connectivity index (χ0) is 20.7. The summed E-state index contributed by atoms with van der Waals surface area (Å²) in [5, 5.41) is 10.6. The second-order valence-corrected chi connectivity index (χ2v) is 8.54. The molecule has 5 rings (SSSR count). The number of ether oxygens (including phenoxy) is 2. The largest absolute Gasteiger partial charge is 0.493 e. The number of nitrogens with one attached hydrogen (secondary N) is 1. The third-order valence-electron chi connectivity index (χ3n) is 5.73. The van der Waals surface area contributed by atoms with Crippen LogP contribution in [-0.2, 0) is 0 Å². The molecule has 1 fully saturated rings. The van der Waals surface area contributed by atoms with Gasteiger partial charge in [0.2, 0.25) is 0 Å². The molecule has 2 aromatic heterocycles. The molecule has 1 saturated carbocycles. The lowest BCUT2D eigenvalue weighted by Crippen LogP contribution is -2.15. The van der Waals surface area contributed by atoms with Crippen molar-refractivity contribution in [3.05, 3.63) is 47.1 Å². The predicted molar refractivity (Wildman–Crippen MR) is 123 cm³/mol. The maximum Gasteiger partial charge on any atom is 0.162 e. The van der Waals surface area contributed by atoms with Crippen LogP contribution in [0.3, 0.4) is 0 Å². The van der Waals surface area contributed by atoms with Gasteiger partial charge in [0.25, 0.3) is 0 Å². The second-order valence-electron chi connectivity index (χ2n) is 7.63. The summed E-state index contributed by atoms with van der Waals surface area (Å²) in [4.78, 5) is 4.97. The van der Waals surface area contributed by atoms with Gasteiger partial charge in [-0.2, -0.15) is 5.10 Å². The Morgan fingerprint density at radius 2 is 1.80 bits per heavy atom. The molecular formula is C23H23BrN4O2. The first-order valence-corrected chi connectivity index (χ1v) is 10.9. The number of methoxy groups -OCH3 is 2. The Balaban J connectivity index is 1.75. The van der Waals surface area contributed by atoms with Gasteiger partial charge in [0.1, 0.15) is 11.3 Å². The summed E-state index contributed by atoms with van der Waals surface area (Å²) in [6, 6.07) is 12.4. The van der Waals surface area contributed by atoms with Gasteiger partial charge in [0, 0.05) is 28.2 Å². The summed E-state index contributed by atoms with van der Waals surface area (Å²) in [5.41, 5.74) is 2.71. The Morgan fingerprint density at radius 1 is 1.03 bits per heavy atom. The third kappa shape index (κ3) is 3.37. The van der Waals surface area contributed by atoms with E-state index in [0.717, 1.165) is 37.8 Å². The monoisotopic (exact) mass is 466 g/mol. The van der Waals surface area contributed by atoms with Gasteiger partial charge in [-0.15, -0.1) is 0 Å². The highest BCUT2D eigenvalue weighted by Crippen LogP contribution is 2.37. The minimum absolute atomic E-state index is 0.451. The Bertz CT molecular complexity index is 1230. The molecule has 1 aliphatic carbocycles. The number of hydrogen-bond donors (Lipinski definition) is 1. The number of hydrogen-bond acceptors (Lipinski definition) is 5. The molecule has 0 atom stereocenters. The smallest absolute Gasteiger partial charge is 0.162 e. The molecule has 154 valence electrons. The number of fused-ring (bicyclic) bond motifs is 3. The van der Waals surface area contributed by atoms with Gasteiger partial charge in [-0.05, 0) is 37.1 Å². The quantitative estimate of drug-likeness (QED) is 0.408. The molecule has 0 spiro atoms. The molecule has 4 aromatic rings. The van der Waals surface area contributed by atoms with Crippen molar-refractivity contribution in [1.29, 1.82) is 0 Å². The van der Waals surface area contributed by atoms with E-state index in [0.29, 0.717) is 17.5 Å². The Morgan fingerprint density at radius 3 is 2.53 bits per heavy atom. The summed E-state index contributed by atoms with van der Waals surface area (Å²) >= 11 is 3.55. The van der Waals surface area contributed by atoms with E-state index in [-0.39, 0.29) is 0 Å². The van der Waals surface area contributed by atoms with E-state index < -0.39 is 0 Å². The van der Waals surface area contributed by atoms with Crippen LogP contribution in [0.5, 0.6) is 11.5 Å². The van der Waals surface area contributed by atoms with Crippen molar-refractivity contribution in [2.75, 3.05) is 19.5 Å². The van der Waals surface area contributed by atoms with E-state index in [1.54, 1.807) is 14.2 Å². The summed E-state index contributed by atoms with van der Waals surface area (Å²) < 4.78 is 14.0. The van der Waals surface area contributed by atoms with E-state index in [4.69, 9.17) is 19.6 Å². The van der Waals surface area contributed by atoms with Crippen LogP contribution in [0.2, 0.25) is 0 Å². The maximum atomic E-state index is 5.53. The Kier molecular flexibility index (Phi) is 4.98. The normalized spacial score (nSPS) is 14.5. The van der Waals surface area contributed by atoms with Crippen molar-refractivity contribution in [1.82, 2.24) is 14.8 Å². The van der Waals surface area contributed by atoms with Gasteiger partial charge in [-0.25, -0.2) is 9.67 Å². The van der Waals surface area contributed by atoms with Gasteiger partial charge >= 0.3 is 0 Å². The van der Waals surface area contributed by atoms with E-state index in [9.17, 15) is 0 Å². The van der Waals surface area contributed by atoms with E-state index in [2.05, 4.69) is 33.5 Å². The van der Waals surface area contributed by atoms with Gasteiger partial charge in [0.05, 0.1) is 30.8 Å². The highest BCUT2D eigenvalue weighted by Gasteiger charge is 2.20. The summed E-state index contributed by atoms with van der Waals surface area (Å²) in [7, 11) is 3.28. The Hall–Kier alpha value is -2.80. The molecule has 0 saturated heterocycles. The molecule has 30 heavy (non-hydrogen) atoms. The molecule has 7 heteroatoms. The number of anilines is 1. The number of rotatable bonds is 5. The van der Waals surface area contributed by atoms with Crippen molar-refractivity contribution in [2.24, 2.45) is 0 Å². The molecule has 6 nitrogen and oxygen atoms in total. The third-order valence-corrected chi connectivity index (χ3v) is 6.22. The van der Waals surface area contributed by atoms with Gasteiger partial charge in [-0.1, -0.05) is 34.8 Å². The predicted octanol–water partition coefficient (Wildman–Crippen LogP) is 5.71. The van der Waals surface area contributed by atoms with E-state index in [1.807, 2.05) is 35.0 Å². The topological polar surface area (TPSA) is 61.2 Å². The number of pyridine rings is 1. The molecular weight excluding hydrogens is 444 g/mol. The number of nitrogens with zero attached hydrogens (tertiary/aromatic N) is 3. The lowest BCUT2D eigenvalue weighted by molar-refractivity contribution is 0.356. The van der Waals surface area contributed by atoms with Crippen LogP contribution in [0.15, 0.2) is 47.1 Å². The molecule has 1 N–H and O–H groups in total. The Labute approximate surface area is 183 Å². The fourth-order valence-electron chi connectivity index (χ4n) is 4.20. The molecule has 1 aliphatic rings. The zero-order valence-electron chi connectivity index (χ0n) is 17.0. The van der Waals surface area contributed by atoms with Crippen LogP contribution in [0, 0.1) is 0 Å². The number of aromatic nitrogens is 3. The highest BCUT2D eigenvalue weighted by molar-refractivity contribution is 9.10. The minimum atomic E-state index is 0.451. The van der Waals surface area contributed by atoms with E-state index in [1.165, 1.54) is 25.7 Å². The average molecular weight is 467 g/mol.